The smallest absolute Gasteiger partial charge is 0.341 e. The maximum Gasteiger partial charge on any atom is 0.341 e. The SMILES string of the molecule is Nc1nc(=S)c2ncn(C3OC(COP(=O)([O-])OP(=O)([O-])OP(=O)([O-])O)C4O[C@@H](C(=O)Nc5[nH]ncc5C(=O)O)OC43)c2[nH]1. The quantitative estimate of drug-likeness (QED) is 0.0895. The van der Waals surface area contributed by atoms with Gasteiger partial charge in [0.1, 0.15) is 40.9 Å². The third-order valence-electron chi connectivity index (χ3n) is 5.72. The van der Waals surface area contributed by atoms with Crippen LogP contribution < -0.4 is 25.7 Å². The highest BCUT2D eigenvalue weighted by Gasteiger charge is 2.55. The molecule has 0 spiro atoms. The molecular weight excluding hydrogens is 685 g/mol. The minimum absolute atomic E-state index is 0.00160. The van der Waals surface area contributed by atoms with Gasteiger partial charge in [-0.2, -0.15) is 5.10 Å². The number of H-pyrrole nitrogens is 2. The number of aromatic carboxylic acids is 1. The van der Waals surface area contributed by atoms with E-state index >= 15 is 0 Å². The third-order valence-corrected chi connectivity index (χ3v) is 9.69. The van der Waals surface area contributed by atoms with E-state index in [0.717, 1.165) is 6.20 Å². The van der Waals surface area contributed by atoms with Gasteiger partial charge in [0, 0.05) is 0 Å². The van der Waals surface area contributed by atoms with E-state index in [1.165, 1.54) is 10.9 Å². The Kier molecular flexibility index (Phi) is 8.65. The molecule has 3 aromatic rings. The fraction of sp³-hybridized carbons (Fsp3) is 0.375. The summed E-state index contributed by atoms with van der Waals surface area (Å²) in [5.41, 5.74) is 5.66. The van der Waals surface area contributed by atoms with Crippen LogP contribution in [0.1, 0.15) is 16.6 Å². The van der Waals surface area contributed by atoms with E-state index in [-0.39, 0.29) is 27.6 Å². The van der Waals surface area contributed by atoms with Crippen LogP contribution in [-0.4, -0.2) is 82.8 Å². The molecular formula is C16H16N8O16P3S-3. The number of carbonyl (C=O) groups excluding carboxylic acids is 1. The number of ether oxygens (including phenoxy) is 3. The van der Waals surface area contributed by atoms with Crippen molar-refractivity contribution in [3.63, 3.8) is 0 Å². The minimum Gasteiger partial charge on any atom is -0.756 e. The average molecular weight is 701 g/mol. The van der Waals surface area contributed by atoms with Crippen LogP contribution in [0.2, 0.25) is 0 Å². The molecule has 44 heavy (non-hydrogen) atoms. The highest BCUT2D eigenvalue weighted by molar-refractivity contribution is 7.71. The summed E-state index contributed by atoms with van der Waals surface area (Å²) in [6, 6.07) is 0. The van der Waals surface area contributed by atoms with Gasteiger partial charge in [0.25, 0.3) is 29.4 Å². The Morgan fingerprint density at radius 1 is 1.16 bits per heavy atom. The lowest BCUT2D eigenvalue weighted by atomic mass is 10.1. The van der Waals surface area contributed by atoms with Gasteiger partial charge in [-0.15, -0.1) is 0 Å². The van der Waals surface area contributed by atoms with Crippen LogP contribution in [0.15, 0.2) is 12.5 Å². The van der Waals surface area contributed by atoms with E-state index in [2.05, 4.69) is 43.6 Å². The van der Waals surface area contributed by atoms with Gasteiger partial charge in [0.05, 0.1) is 19.1 Å². The summed E-state index contributed by atoms with van der Waals surface area (Å²) < 4.78 is 64.2. The van der Waals surface area contributed by atoms with E-state index < -0.39 is 78.3 Å². The molecule has 7 unspecified atom stereocenters. The molecule has 2 saturated heterocycles. The summed E-state index contributed by atoms with van der Waals surface area (Å²) >= 11 is 5.14. The van der Waals surface area contributed by atoms with Gasteiger partial charge >= 0.3 is 5.97 Å². The van der Waals surface area contributed by atoms with Gasteiger partial charge in [-0.3, -0.25) is 28.2 Å². The number of carbonyl (C=O) groups is 2. The maximum atomic E-state index is 12.9. The monoisotopic (exact) mass is 701 g/mol. The number of nitrogens with two attached hydrogens (primary N) is 1. The lowest BCUT2D eigenvalue weighted by Gasteiger charge is -2.33. The number of carboxylic acids is 1. The molecule has 0 bridgehead atoms. The average Bonchev–Trinajstić information content (AvgIpc) is 3.64. The molecule has 3 aromatic heterocycles. The fourth-order valence-corrected chi connectivity index (χ4v) is 7.28. The summed E-state index contributed by atoms with van der Waals surface area (Å²) in [7, 11) is -18.1. The van der Waals surface area contributed by atoms with Crippen molar-refractivity contribution in [3.8, 4) is 0 Å². The fourth-order valence-electron chi connectivity index (χ4n) is 4.14. The number of hydrogen-bond acceptors (Lipinski definition) is 19. The Labute approximate surface area is 246 Å². The molecule has 2 aliphatic heterocycles. The highest BCUT2D eigenvalue weighted by Crippen LogP contribution is 2.61. The molecule has 7 N–H and O–H groups in total. The number of aromatic amines is 2. The molecule has 0 aliphatic carbocycles. The van der Waals surface area contributed by atoms with Crippen molar-refractivity contribution in [3.05, 3.63) is 22.7 Å². The van der Waals surface area contributed by atoms with Crippen molar-refractivity contribution < 1.29 is 75.3 Å². The lowest BCUT2D eigenvalue weighted by Crippen LogP contribution is -2.34. The number of imidazole rings is 1. The number of anilines is 2. The Bertz CT molecular complexity index is 1820. The maximum absolute atomic E-state index is 12.9. The topological polar surface area (TPSA) is 364 Å². The lowest BCUT2D eigenvalue weighted by molar-refractivity contribution is -0.250. The summed E-state index contributed by atoms with van der Waals surface area (Å²) in [4.78, 5) is 77.8. The van der Waals surface area contributed by atoms with Gasteiger partial charge in [-0.05, 0) is 0 Å². The number of rotatable bonds is 11. The first kappa shape index (κ1) is 32.4. The Morgan fingerprint density at radius 3 is 2.55 bits per heavy atom. The number of aromatic nitrogens is 6. The number of nitrogens with one attached hydrogen (secondary N) is 3. The van der Waals surface area contributed by atoms with Crippen LogP contribution in [0.3, 0.4) is 0 Å². The Morgan fingerprint density at radius 2 is 1.86 bits per heavy atom. The standard InChI is InChI=1S/C16H19N8O16P3S/c17-16-21-10-6(12(44)22-16)18-3-24(10)13-8-7(37-15(38-8)11(25)20-9-4(14(26)27)1-19-23-9)5(36-13)2-35-42(31,32)40-43(33,34)39-41(28,29)30/h1,3,5,7-8,13,15H,2H2,(H,26,27)(H,31,32)(H,33,34)(H2,28,29,30)(H3,17,21,22,44)(H2,19,20,23,25)/p-3/t5?,7?,8?,13?,15-/m1/s1. The third kappa shape index (κ3) is 6.96. The molecule has 28 heteroatoms. The highest BCUT2D eigenvalue weighted by atomic mass is 32.1. The zero-order valence-electron chi connectivity index (χ0n) is 21.0. The first-order chi connectivity index (χ1) is 20.4. The van der Waals surface area contributed by atoms with Crippen LogP contribution in [0.4, 0.5) is 11.8 Å². The zero-order valence-corrected chi connectivity index (χ0v) is 24.5. The number of phosphoric ester groups is 1. The molecule has 8 atom stereocenters. The molecule has 5 rings (SSSR count). The van der Waals surface area contributed by atoms with Gasteiger partial charge in [0.15, 0.2) is 16.8 Å². The zero-order chi connectivity index (χ0) is 32.2. The van der Waals surface area contributed by atoms with Crippen molar-refractivity contribution in [2.75, 3.05) is 17.7 Å². The second kappa shape index (κ2) is 11.7. The molecule has 240 valence electrons. The second-order valence-corrected chi connectivity index (χ2v) is 13.3. The number of nitrogen functional groups attached to an aromatic ring is 1. The number of carboxylic acid groups (broad SMARTS) is 1. The van der Waals surface area contributed by atoms with Crippen LogP contribution in [0, 0.1) is 4.64 Å². The van der Waals surface area contributed by atoms with Crippen molar-refractivity contribution >= 4 is 70.5 Å². The molecule has 5 heterocycles. The van der Waals surface area contributed by atoms with Crippen LogP contribution in [-0.2, 0) is 45.8 Å². The van der Waals surface area contributed by atoms with Crippen molar-refractivity contribution in [1.82, 2.24) is 29.7 Å². The van der Waals surface area contributed by atoms with Crippen molar-refractivity contribution in [2.24, 2.45) is 0 Å². The van der Waals surface area contributed by atoms with E-state index in [1.807, 2.05) is 0 Å². The van der Waals surface area contributed by atoms with E-state index in [1.54, 1.807) is 0 Å². The first-order valence-electron chi connectivity index (χ1n) is 11.4. The Balaban J connectivity index is 1.39. The van der Waals surface area contributed by atoms with Gasteiger partial charge in [-0.25, -0.2) is 23.4 Å². The van der Waals surface area contributed by atoms with Crippen molar-refractivity contribution in [2.45, 2.75) is 30.8 Å². The predicted molar refractivity (Wildman–Crippen MR) is 132 cm³/mol. The molecule has 2 fully saturated rings. The molecule has 0 aromatic carbocycles. The number of phosphoric acid groups is 3. The normalized spacial score (nSPS) is 27.3. The van der Waals surface area contributed by atoms with Gasteiger partial charge in [0.2, 0.25) is 6.29 Å². The number of amides is 1. The van der Waals surface area contributed by atoms with Crippen molar-refractivity contribution in [1.29, 1.82) is 0 Å². The van der Waals surface area contributed by atoms with E-state index in [9.17, 15) is 43.1 Å². The summed E-state index contributed by atoms with van der Waals surface area (Å²) in [5, 5.41) is 17.3. The van der Waals surface area contributed by atoms with Gasteiger partial charge < -0.3 is 59.4 Å². The van der Waals surface area contributed by atoms with Crippen LogP contribution >= 0.6 is 35.7 Å². The van der Waals surface area contributed by atoms with Crippen LogP contribution in [0.25, 0.3) is 11.2 Å². The first-order valence-corrected chi connectivity index (χ1v) is 16.2. The minimum atomic E-state index is -6.19. The summed E-state index contributed by atoms with van der Waals surface area (Å²) in [6.45, 7) is -1.07. The number of fused-ring (bicyclic) bond motifs is 2. The molecule has 0 saturated carbocycles. The summed E-state index contributed by atoms with van der Waals surface area (Å²) in [6.07, 6.45) is -4.98. The van der Waals surface area contributed by atoms with Gasteiger partial charge in [-0.1, -0.05) is 12.2 Å². The number of hydrogen-bond donors (Lipinski definition) is 6. The Hall–Kier alpha value is -2.99. The second-order valence-electron chi connectivity index (χ2n) is 8.65. The summed E-state index contributed by atoms with van der Waals surface area (Å²) in [5.74, 6) is -2.87. The molecule has 24 nitrogen and oxygen atoms in total. The van der Waals surface area contributed by atoms with Crippen LogP contribution in [0.5, 0.6) is 0 Å². The number of nitrogens with zero attached hydrogens (tertiary/aromatic N) is 4. The molecule has 1 amide bonds. The van der Waals surface area contributed by atoms with E-state index in [4.69, 9.17) is 37.1 Å². The largest absolute Gasteiger partial charge is 0.756 e. The predicted octanol–water partition coefficient (Wildman–Crippen LogP) is -2.41. The van der Waals surface area contributed by atoms with E-state index in [0.29, 0.717) is 0 Å². The molecule has 0 radical (unpaired) electrons. The molecule has 2 aliphatic rings.